The second kappa shape index (κ2) is 11.6. The van der Waals surface area contributed by atoms with E-state index in [1.807, 2.05) is 32.9 Å². The van der Waals surface area contributed by atoms with Crippen molar-refractivity contribution in [1.82, 2.24) is 19.7 Å². The molecule has 0 aliphatic rings. The summed E-state index contributed by atoms with van der Waals surface area (Å²) in [5, 5.41) is 15.4. The lowest BCUT2D eigenvalue weighted by molar-refractivity contribution is -0.142. The molecule has 10 heteroatoms. The van der Waals surface area contributed by atoms with Crippen LogP contribution >= 0.6 is 0 Å². The van der Waals surface area contributed by atoms with Crippen LogP contribution in [0.25, 0.3) is 33.5 Å². The van der Waals surface area contributed by atoms with E-state index in [9.17, 15) is 9.90 Å². The number of methoxy groups -OCH3 is 2. The Balaban J connectivity index is 1.90. The van der Waals surface area contributed by atoms with Gasteiger partial charge in [-0.15, -0.1) is 0 Å². The Morgan fingerprint density at radius 2 is 2.03 bits per heavy atom. The zero-order chi connectivity index (χ0) is 28.3. The Kier molecular flexibility index (Phi) is 8.48. The highest BCUT2D eigenvalue weighted by Gasteiger charge is 2.28. The molecule has 0 amide bonds. The van der Waals surface area contributed by atoms with Gasteiger partial charge in [0.1, 0.15) is 6.04 Å². The minimum absolute atomic E-state index is 0.0357. The van der Waals surface area contributed by atoms with E-state index in [1.165, 1.54) is 7.11 Å². The van der Waals surface area contributed by atoms with Crippen molar-refractivity contribution in [2.45, 2.75) is 59.2 Å². The molecule has 0 bridgehead atoms. The normalized spacial score (nSPS) is 13.5. The van der Waals surface area contributed by atoms with Crippen LogP contribution in [-0.4, -0.2) is 57.6 Å². The van der Waals surface area contributed by atoms with Crippen molar-refractivity contribution < 1.29 is 23.9 Å². The zero-order valence-electron chi connectivity index (χ0n) is 23.4. The molecular formula is C29H37N5O5. The highest BCUT2D eigenvalue weighted by molar-refractivity contribution is 5.94. The second-order valence-electron chi connectivity index (χ2n) is 10.5. The maximum Gasteiger partial charge on any atom is 0.323 e. The number of esters is 1. The molecule has 1 aromatic carbocycles. The third-order valence-corrected chi connectivity index (χ3v) is 7.02. The molecule has 39 heavy (non-hydrogen) atoms. The minimum Gasteiger partial charge on any atom is -0.468 e. The van der Waals surface area contributed by atoms with Crippen molar-refractivity contribution in [3.63, 3.8) is 0 Å². The Morgan fingerprint density at radius 1 is 1.26 bits per heavy atom. The van der Waals surface area contributed by atoms with Crippen molar-refractivity contribution in [3.8, 4) is 22.6 Å². The van der Waals surface area contributed by atoms with Gasteiger partial charge in [-0.25, -0.2) is 0 Å². The molecule has 208 valence electrons. The highest BCUT2D eigenvalue weighted by atomic mass is 16.5. The first-order valence-electron chi connectivity index (χ1n) is 13.0. The lowest BCUT2D eigenvalue weighted by atomic mass is 9.84. The number of aliphatic hydroxyl groups is 1. The first-order valence-corrected chi connectivity index (χ1v) is 13.0. The predicted octanol–water partition coefficient (Wildman–Crippen LogP) is 4.08. The zero-order valence-corrected chi connectivity index (χ0v) is 23.4. The van der Waals surface area contributed by atoms with Gasteiger partial charge in [-0.2, -0.15) is 4.98 Å². The molecule has 0 spiro atoms. The third kappa shape index (κ3) is 5.73. The van der Waals surface area contributed by atoms with Crippen LogP contribution in [0.4, 0.5) is 0 Å². The van der Waals surface area contributed by atoms with Crippen LogP contribution in [0, 0.1) is 5.41 Å². The van der Waals surface area contributed by atoms with Crippen molar-refractivity contribution in [2.75, 3.05) is 20.8 Å². The summed E-state index contributed by atoms with van der Waals surface area (Å²) in [4.78, 5) is 20.9. The molecule has 2 atom stereocenters. The van der Waals surface area contributed by atoms with Gasteiger partial charge in [0.15, 0.2) is 0 Å². The first kappa shape index (κ1) is 28.4. The summed E-state index contributed by atoms with van der Waals surface area (Å²) >= 11 is 0. The van der Waals surface area contributed by atoms with E-state index < -0.39 is 12.0 Å². The van der Waals surface area contributed by atoms with Gasteiger partial charge < -0.3 is 29.4 Å². The number of carbonyl (C=O) groups is 1. The largest absolute Gasteiger partial charge is 0.468 e. The van der Waals surface area contributed by atoms with Gasteiger partial charge in [0, 0.05) is 48.5 Å². The number of aliphatic hydroxyl groups excluding tert-OH is 1. The number of benzene rings is 1. The molecule has 3 N–H and O–H groups in total. The molecule has 0 fully saturated rings. The van der Waals surface area contributed by atoms with Crippen LogP contribution in [0.3, 0.4) is 0 Å². The third-order valence-electron chi connectivity index (χ3n) is 7.02. The number of hydrogen-bond acceptors (Lipinski definition) is 9. The quantitative estimate of drug-likeness (QED) is 0.272. The van der Waals surface area contributed by atoms with Gasteiger partial charge in [0.25, 0.3) is 0 Å². The lowest BCUT2D eigenvalue weighted by Crippen LogP contribution is -2.33. The van der Waals surface area contributed by atoms with E-state index in [4.69, 9.17) is 19.7 Å². The monoisotopic (exact) mass is 535 g/mol. The SMILES string of the molecule is CCn1c(-c2cccnc2[C@H](C)OC)c(CC(C)(C)CO)c2cc(-c3noc(C[C@H](N)C(=O)OC)n3)ccc21. The van der Waals surface area contributed by atoms with Crippen molar-refractivity contribution >= 4 is 16.9 Å². The van der Waals surface area contributed by atoms with Crippen LogP contribution in [0.2, 0.25) is 0 Å². The number of fused-ring (bicyclic) bond motifs is 1. The molecule has 10 nitrogen and oxygen atoms in total. The molecule has 3 aromatic heterocycles. The summed E-state index contributed by atoms with van der Waals surface area (Å²) in [7, 11) is 2.96. The number of carbonyl (C=O) groups excluding carboxylic acids is 1. The summed E-state index contributed by atoms with van der Waals surface area (Å²) < 4.78 is 18.0. The van der Waals surface area contributed by atoms with E-state index in [1.54, 1.807) is 13.3 Å². The number of pyridine rings is 1. The van der Waals surface area contributed by atoms with Crippen molar-refractivity contribution in [2.24, 2.45) is 11.1 Å². The molecule has 3 heterocycles. The second-order valence-corrected chi connectivity index (χ2v) is 10.5. The standard InChI is InChI=1S/C29H37N5O5/c1-7-34-23-11-10-18(27-32-24(39-33-27)14-22(30)28(36)38-6)13-20(23)21(15-29(3,4)16-35)26(34)19-9-8-12-31-25(19)17(2)37-5/h8-13,17,22,35H,7,14-16,30H2,1-6H3/t17-,22-/m0/s1. The Hall–Kier alpha value is -3.60. The Morgan fingerprint density at radius 3 is 2.69 bits per heavy atom. The summed E-state index contributed by atoms with van der Waals surface area (Å²) in [6.45, 7) is 8.97. The van der Waals surface area contributed by atoms with Gasteiger partial charge in [-0.3, -0.25) is 9.78 Å². The van der Waals surface area contributed by atoms with Crippen LogP contribution < -0.4 is 5.73 Å². The van der Waals surface area contributed by atoms with Gasteiger partial charge >= 0.3 is 5.97 Å². The number of nitrogens with two attached hydrogens (primary N) is 1. The molecule has 0 unspecified atom stereocenters. The summed E-state index contributed by atoms with van der Waals surface area (Å²) in [5.74, 6) is 0.112. The van der Waals surface area contributed by atoms with Crippen molar-refractivity contribution in [1.29, 1.82) is 0 Å². The molecule has 0 aliphatic carbocycles. The number of hydrogen-bond donors (Lipinski definition) is 2. The van der Waals surface area contributed by atoms with Crippen LogP contribution in [0.1, 0.15) is 50.9 Å². The van der Waals surface area contributed by atoms with E-state index in [2.05, 4.69) is 44.8 Å². The highest BCUT2D eigenvalue weighted by Crippen LogP contribution is 2.41. The van der Waals surface area contributed by atoms with Crippen molar-refractivity contribution in [3.05, 3.63) is 53.7 Å². The fourth-order valence-electron chi connectivity index (χ4n) is 4.84. The lowest BCUT2D eigenvalue weighted by Gasteiger charge is -2.23. The number of aromatic nitrogens is 4. The number of ether oxygens (including phenoxy) is 2. The van der Waals surface area contributed by atoms with E-state index >= 15 is 0 Å². The average Bonchev–Trinajstić information content (AvgIpc) is 3.53. The Bertz CT molecular complexity index is 1460. The van der Waals surface area contributed by atoms with Crippen LogP contribution in [0.5, 0.6) is 0 Å². The summed E-state index contributed by atoms with van der Waals surface area (Å²) in [6, 6.07) is 9.19. The van der Waals surface area contributed by atoms with Gasteiger partial charge in [-0.05, 0) is 61.6 Å². The van der Waals surface area contributed by atoms with E-state index in [-0.39, 0.29) is 30.4 Å². The Labute approximate surface area is 228 Å². The molecule has 4 aromatic rings. The van der Waals surface area contributed by atoms with E-state index in [0.717, 1.165) is 45.5 Å². The number of rotatable bonds is 11. The van der Waals surface area contributed by atoms with Crippen LogP contribution in [0.15, 0.2) is 41.1 Å². The number of aryl methyl sites for hydroxylation is 1. The molecular weight excluding hydrogens is 498 g/mol. The average molecular weight is 536 g/mol. The van der Waals surface area contributed by atoms with Gasteiger partial charge in [-0.1, -0.05) is 19.0 Å². The summed E-state index contributed by atoms with van der Waals surface area (Å²) in [6.07, 6.45) is 2.29. The summed E-state index contributed by atoms with van der Waals surface area (Å²) in [5.41, 5.74) is 11.3. The molecule has 0 aliphatic heterocycles. The van der Waals surface area contributed by atoms with E-state index in [0.29, 0.717) is 12.2 Å². The minimum atomic E-state index is -0.887. The first-order chi connectivity index (χ1) is 18.6. The molecule has 0 saturated heterocycles. The molecule has 0 radical (unpaired) electrons. The predicted molar refractivity (Wildman–Crippen MR) is 148 cm³/mol. The van der Waals surface area contributed by atoms with Gasteiger partial charge in [0.2, 0.25) is 11.7 Å². The molecule has 4 rings (SSSR count). The maximum absolute atomic E-state index is 11.7. The molecule has 0 saturated carbocycles. The smallest absolute Gasteiger partial charge is 0.323 e. The topological polar surface area (TPSA) is 139 Å². The fraction of sp³-hybridized carbons (Fsp3) is 0.448. The fourth-order valence-corrected chi connectivity index (χ4v) is 4.84. The number of nitrogens with zero attached hydrogens (tertiary/aromatic N) is 4. The van der Waals surface area contributed by atoms with Crippen LogP contribution in [-0.2, 0) is 33.7 Å². The maximum atomic E-state index is 11.7. The van der Waals surface area contributed by atoms with Gasteiger partial charge in [0.05, 0.1) is 31.0 Å².